The van der Waals surface area contributed by atoms with Crippen LogP contribution in [0.4, 0.5) is 14.5 Å². The largest absolute Gasteiger partial charge is 0.380 e. The number of hydrogen-bond acceptors (Lipinski definition) is 3. The molecule has 1 saturated heterocycles. The molecule has 0 bridgehead atoms. The molecule has 0 saturated carbocycles. The summed E-state index contributed by atoms with van der Waals surface area (Å²) >= 11 is 3.15. The van der Waals surface area contributed by atoms with Gasteiger partial charge in [0.15, 0.2) is 0 Å². The number of rotatable bonds is 4. The van der Waals surface area contributed by atoms with Crippen LogP contribution in [0.1, 0.15) is 0 Å². The Morgan fingerprint density at radius 2 is 2.00 bits per heavy atom. The molecule has 1 aliphatic rings. The molecule has 6 heteroatoms. The predicted molar refractivity (Wildman–Crippen MR) is 69.8 cm³/mol. The summed E-state index contributed by atoms with van der Waals surface area (Å²) in [5.74, 6) is -1.16. The fourth-order valence-electron chi connectivity index (χ4n) is 1.87. The second-order valence-electron chi connectivity index (χ2n) is 4.13. The van der Waals surface area contributed by atoms with E-state index in [1.165, 1.54) is 6.07 Å². The van der Waals surface area contributed by atoms with Crippen molar-refractivity contribution in [2.75, 3.05) is 44.7 Å². The first kappa shape index (κ1) is 13.7. The maximum absolute atomic E-state index is 13.5. The number of ether oxygens (including phenoxy) is 1. The molecule has 0 aromatic heterocycles. The highest BCUT2D eigenvalue weighted by Gasteiger charge is 2.12. The molecule has 1 fully saturated rings. The zero-order chi connectivity index (χ0) is 13.0. The van der Waals surface area contributed by atoms with Crippen molar-refractivity contribution in [2.45, 2.75) is 0 Å². The molecule has 1 aromatic carbocycles. The minimum atomic E-state index is -0.585. The SMILES string of the molecule is Fc1cc(F)c(NCCN2CCOCC2)c(Br)c1. The van der Waals surface area contributed by atoms with Crippen molar-refractivity contribution in [3.8, 4) is 0 Å². The van der Waals surface area contributed by atoms with Crippen LogP contribution in [-0.2, 0) is 4.74 Å². The van der Waals surface area contributed by atoms with Gasteiger partial charge in [0.1, 0.15) is 11.6 Å². The van der Waals surface area contributed by atoms with Crippen LogP contribution in [0.2, 0.25) is 0 Å². The lowest BCUT2D eigenvalue weighted by Gasteiger charge is -2.26. The first-order valence-electron chi connectivity index (χ1n) is 5.85. The van der Waals surface area contributed by atoms with E-state index in [-0.39, 0.29) is 0 Å². The zero-order valence-corrected chi connectivity index (χ0v) is 11.5. The normalized spacial score (nSPS) is 16.8. The van der Waals surface area contributed by atoms with Gasteiger partial charge in [-0.25, -0.2) is 8.78 Å². The summed E-state index contributed by atoms with van der Waals surface area (Å²) in [7, 11) is 0. The molecule has 0 atom stereocenters. The molecule has 100 valence electrons. The zero-order valence-electron chi connectivity index (χ0n) is 9.89. The van der Waals surface area contributed by atoms with Crippen LogP contribution in [0, 0.1) is 11.6 Å². The summed E-state index contributed by atoms with van der Waals surface area (Å²) in [6.45, 7) is 4.71. The van der Waals surface area contributed by atoms with Crippen LogP contribution >= 0.6 is 15.9 Å². The highest BCUT2D eigenvalue weighted by molar-refractivity contribution is 9.10. The van der Waals surface area contributed by atoms with Crippen LogP contribution < -0.4 is 5.32 Å². The van der Waals surface area contributed by atoms with Crippen molar-refractivity contribution in [1.82, 2.24) is 4.90 Å². The average Bonchev–Trinajstić information content (AvgIpc) is 2.34. The lowest BCUT2D eigenvalue weighted by molar-refractivity contribution is 0.0398. The van der Waals surface area contributed by atoms with Gasteiger partial charge in [-0.2, -0.15) is 0 Å². The summed E-state index contributed by atoms with van der Waals surface area (Å²) in [6, 6.07) is 2.13. The number of morpholine rings is 1. The molecule has 1 N–H and O–H groups in total. The van der Waals surface area contributed by atoms with E-state index in [0.717, 1.165) is 38.9 Å². The van der Waals surface area contributed by atoms with Crippen molar-refractivity contribution in [3.05, 3.63) is 28.2 Å². The third-order valence-corrected chi connectivity index (χ3v) is 3.47. The van der Waals surface area contributed by atoms with Gasteiger partial charge < -0.3 is 10.1 Å². The van der Waals surface area contributed by atoms with Crippen LogP contribution in [0.3, 0.4) is 0 Å². The lowest BCUT2D eigenvalue weighted by Crippen LogP contribution is -2.39. The molecule has 3 nitrogen and oxygen atoms in total. The molecule has 2 rings (SSSR count). The first-order chi connectivity index (χ1) is 8.66. The average molecular weight is 321 g/mol. The smallest absolute Gasteiger partial charge is 0.150 e. The molecular weight excluding hydrogens is 306 g/mol. The van der Waals surface area contributed by atoms with Gasteiger partial charge in [-0.05, 0) is 22.0 Å². The van der Waals surface area contributed by atoms with E-state index in [1.807, 2.05) is 0 Å². The van der Waals surface area contributed by atoms with E-state index in [1.54, 1.807) is 0 Å². The quantitative estimate of drug-likeness (QED) is 0.922. The van der Waals surface area contributed by atoms with E-state index >= 15 is 0 Å². The topological polar surface area (TPSA) is 24.5 Å². The van der Waals surface area contributed by atoms with Gasteiger partial charge in [0.2, 0.25) is 0 Å². The molecule has 0 radical (unpaired) electrons. The Labute approximate surface area is 113 Å². The Bertz CT molecular complexity index is 388. The number of nitrogens with zero attached hydrogens (tertiary/aromatic N) is 1. The van der Waals surface area contributed by atoms with Crippen molar-refractivity contribution in [3.63, 3.8) is 0 Å². The second-order valence-corrected chi connectivity index (χ2v) is 4.98. The van der Waals surface area contributed by atoms with E-state index in [9.17, 15) is 8.78 Å². The number of hydrogen-bond donors (Lipinski definition) is 1. The van der Waals surface area contributed by atoms with Crippen molar-refractivity contribution in [2.24, 2.45) is 0 Å². The van der Waals surface area contributed by atoms with Gasteiger partial charge in [-0.15, -0.1) is 0 Å². The van der Waals surface area contributed by atoms with Crippen LogP contribution in [0.5, 0.6) is 0 Å². The van der Waals surface area contributed by atoms with E-state index in [2.05, 4.69) is 26.1 Å². The molecule has 1 heterocycles. The Balaban J connectivity index is 1.86. The maximum atomic E-state index is 13.5. The van der Waals surface area contributed by atoms with Crippen molar-refractivity contribution >= 4 is 21.6 Å². The Morgan fingerprint density at radius 3 is 2.67 bits per heavy atom. The molecule has 0 amide bonds. The van der Waals surface area contributed by atoms with Gasteiger partial charge in [0.25, 0.3) is 0 Å². The standard InChI is InChI=1S/C12H15BrF2N2O/c13-10-7-9(14)8-11(15)12(10)16-1-2-17-3-5-18-6-4-17/h7-8,16H,1-6H2. The van der Waals surface area contributed by atoms with Crippen LogP contribution in [0.15, 0.2) is 16.6 Å². The number of halogens is 3. The molecule has 0 aliphatic carbocycles. The van der Waals surface area contributed by atoms with Gasteiger partial charge in [0, 0.05) is 36.7 Å². The monoisotopic (exact) mass is 320 g/mol. The van der Waals surface area contributed by atoms with Crippen LogP contribution in [0.25, 0.3) is 0 Å². The molecule has 18 heavy (non-hydrogen) atoms. The molecule has 1 aliphatic heterocycles. The summed E-state index contributed by atoms with van der Waals surface area (Å²) in [4.78, 5) is 2.24. The molecule has 1 aromatic rings. The van der Waals surface area contributed by atoms with Crippen molar-refractivity contribution < 1.29 is 13.5 Å². The van der Waals surface area contributed by atoms with Crippen LogP contribution in [-0.4, -0.2) is 44.3 Å². The highest BCUT2D eigenvalue weighted by Crippen LogP contribution is 2.26. The number of nitrogens with one attached hydrogen (secondary N) is 1. The Hall–Kier alpha value is -0.720. The fraction of sp³-hybridized carbons (Fsp3) is 0.500. The molecule has 0 unspecified atom stereocenters. The third-order valence-electron chi connectivity index (χ3n) is 2.84. The molecular formula is C12H15BrF2N2O. The lowest BCUT2D eigenvalue weighted by atomic mass is 10.3. The second kappa shape index (κ2) is 6.45. The summed E-state index contributed by atoms with van der Waals surface area (Å²) in [6.07, 6.45) is 0. The third kappa shape index (κ3) is 3.63. The minimum absolute atomic E-state index is 0.310. The number of benzene rings is 1. The maximum Gasteiger partial charge on any atom is 0.150 e. The van der Waals surface area contributed by atoms with Gasteiger partial charge in [0.05, 0.1) is 18.9 Å². The van der Waals surface area contributed by atoms with E-state index in [4.69, 9.17) is 4.74 Å². The Morgan fingerprint density at radius 1 is 1.28 bits per heavy atom. The van der Waals surface area contributed by atoms with E-state index < -0.39 is 11.6 Å². The van der Waals surface area contributed by atoms with E-state index in [0.29, 0.717) is 16.7 Å². The molecule has 0 spiro atoms. The minimum Gasteiger partial charge on any atom is -0.380 e. The summed E-state index contributed by atoms with van der Waals surface area (Å²) in [5.41, 5.74) is 0.310. The predicted octanol–water partition coefficient (Wildman–Crippen LogP) is 2.47. The summed E-state index contributed by atoms with van der Waals surface area (Å²) in [5, 5.41) is 2.98. The van der Waals surface area contributed by atoms with Gasteiger partial charge in [-0.1, -0.05) is 0 Å². The van der Waals surface area contributed by atoms with Gasteiger partial charge in [-0.3, -0.25) is 4.90 Å². The Kier molecular flexibility index (Phi) is 4.91. The highest BCUT2D eigenvalue weighted by atomic mass is 79.9. The van der Waals surface area contributed by atoms with Gasteiger partial charge >= 0.3 is 0 Å². The first-order valence-corrected chi connectivity index (χ1v) is 6.64. The van der Waals surface area contributed by atoms with Crippen molar-refractivity contribution in [1.29, 1.82) is 0 Å². The summed E-state index contributed by atoms with van der Waals surface area (Å²) < 4.78 is 32.1. The fourth-order valence-corrected chi connectivity index (χ4v) is 2.42. The number of anilines is 1.